The number of carbonyl (C=O) groups excluding carboxylic acids is 1. The standard InChI is InChI=1S/C11H13NO2/c13-7-9-6-10(11(14)12-9)8-4-2-1-3-5-8/h1-5,9-10,13H,6-7H2,(H,12,14)/t9-,10+/m1/s1. The molecule has 1 heterocycles. The fourth-order valence-corrected chi connectivity index (χ4v) is 1.85. The highest BCUT2D eigenvalue weighted by Gasteiger charge is 2.32. The van der Waals surface area contributed by atoms with Crippen molar-refractivity contribution in [2.24, 2.45) is 0 Å². The normalized spacial score (nSPS) is 26.2. The average Bonchev–Trinajstić information content (AvgIpc) is 2.61. The van der Waals surface area contributed by atoms with Crippen LogP contribution >= 0.6 is 0 Å². The van der Waals surface area contributed by atoms with Crippen LogP contribution in [0.25, 0.3) is 0 Å². The Morgan fingerprint density at radius 2 is 2.07 bits per heavy atom. The Morgan fingerprint density at radius 1 is 1.36 bits per heavy atom. The lowest BCUT2D eigenvalue weighted by Crippen LogP contribution is -2.28. The number of nitrogens with one attached hydrogen (secondary N) is 1. The van der Waals surface area contributed by atoms with Gasteiger partial charge in [-0.25, -0.2) is 0 Å². The van der Waals surface area contributed by atoms with Gasteiger partial charge in [0, 0.05) is 0 Å². The molecule has 2 N–H and O–H groups in total. The van der Waals surface area contributed by atoms with Crippen molar-refractivity contribution in [1.82, 2.24) is 5.32 Å². The molecule has 1 aromatic rings. The van der Waals surface area contributed by atoms with Crippen molar-refractivity contribution in [3.05, 3.63) is 35.9 Å². The van der Waals surface area contributed by atoms with Gasteiger partial charge in [-0.2, -0.15) is 0 Å². The third kappa shape index (κ3) is 1.63. The van der Waals surface area contributed by atoms with Gasteiger partial charge in [-0.3, -0.25) is 4.79 Å². The van der Waals surface area contributed by atoms with Crippen molar-refractivity contribution in [3.8, 4) is 0 Å². The quantitative estimate of drug-likeness (QED) is 0.721. The van der Waals surface area contributed by atoms with Crippen molar-refractivity contribution in [2.45, 2.75) is 18.4 Å². The number of rotatable bonds is 2. The molecule has 1 amide bonds. The monoisotopic (exact) mass is 191 g/mol. The first-order valence-electron chi connectivity index (χ1n) is 4.77. The Bertz CT molecular complexity index is 323. The van der Waals surface area contributed by atoms with Crippen molar-refractivity contribution in [3.63, 3.8) is 0 Å². The number of amides is 1. The first-order chi connectivity index (χ1) is 6.81. The van der Waals surface area contributed by atoms with Crippen molar-refractivity contribution < 1.29 is 9.90 Å². The van der Waals surface area contributed by atoms with Crippen LogP contribution in [0.3, 0.4) is 0 Å². The summed E-state index contributed by atoms with van der Waals surface area (Å²) in [4.78, 5) is 11.5. The SMILES string of the molecule is O=C1N[C@@H](CO)C[C@H]1c1ccccc1. The molecule has 74 valence electrons. The van der Waals surface area contributed by atoms with Gasteiger partial charge in [0.1, 0.15) is 0 Å². The van der Waals surface area contributed by atoms with Crippen LogP contribution in [0.2, 0.25) is 0 Å². The summed E-state index contributed by atoms with van der Waals surface area (Å²) in [6.07, 6.45) is 0.694. The molecule has 0 unspecified atom stereocenters. The molecule has 2 atom stereocenters. The van der Waals surface area contributed by atoms with Gasteiger partial charge in [0.05, 0.1) is 18.6 Å². The molecule has 1 saturated heterocycles. The van der Waals surface area contributed by atoms with Crippen LogP contribution in [-0.4, -0.2) is 23.7 Å². The lowest BCUT2D eigenvalue weighted by atomic mass is 9.96. The summed E-state index contributed by atoms with van der Waals surface area (Å²) in [7, 11) is 0. The lowest BCUT2D eigenvalue weighted by Gasteiger charge is -2.06. The Morgan fingerprint density at radius 3 is 2.64 bits per heavy atom. The van der Waals surface area contributed by atoms with Crippen LogP contribution in [0.15, 0.2) is 30.3 Å². The van der Waals surface area contributed by atoms with Crippen LogP contribution in [0.4, 0.5) is 0 Å². The fraction of sp³-hybridized carbons (Fsp3) is 0.364. The predicted molar refractivity (Wildman–Crippen MR) is 52.8 cm³/mol. The van der Waals surface area contributed by atoms with E-state index in [9.17, 15) is 4.79 Å². The summed E-state index contributed by atoms with van der Waals surface area (Å²) in [6, 6.07) is 9.60. The molecule has 0 saturated carbocycles. The second-order valence-corrected chi connectivity index (χ2v) is 3.59. The van der Waals surface area contributed by atoms with Crippen molar-refractivity contribution in [1.29, 1.82) is 0 Å². The van der Waals surface area contributed by atoms with E-state index in [0.29, 0.717) is 6.42 Å². The number of aliphatic hydroxyl groups excluding tert-OH is 1. The van der Waals surface area contributed by atoms with Gasteiger partial charge >= 0.3 is 0 Å². The van der Waals surface area contributed by atoms with Crippen LogP contribution in [0, 0.1) is 0 Å². The second-order valence-electron chi connectivity index (χ2n) is 3.59. The summed E-state index contributed by atoms with van der Waals surface area (Å²) < 4.78 is 0. The molecule has 3 nitrogen and oxygen atoms in total. The highest BCUT2D eigenvalue weighted by atomic mass is 16.3. The van der Waals surface area contributed by atoms with Crippen LogP contribution < -0.4 is 5.32 Å². The number of benzene rings is 1. The van der Waals surface area contributed by atoms with Gasteiger partial charge < -0.3 is 10.4 Å². The van der Waals surface area contributed by atoms with Gasteiger partial charge in [0.15, 0.2) is 0 Å². The second kappa shape index (κ2) is 3.80. The molecule has 0 spiro atoms. The smallest absolute Gasteiger partial charge is 0.227 e. The average molecular weight is 191 g/mol. The Labute approximate surface area is 82.8 Å². The number of aliphatic hydroxyl groups is 1. The first kappa shape index (κ1) is 9.21. The summed E-state index contributed by atoms with van der Waals surface area (Å²) in [5, 5.41) is 11.7. The van der Waals surface area contributed by atoms with E-state index in [1.165, 1.54) is 0 Å². The van der Waals surface area contributed by atoms with E-state index >= 15 is 0 Å². The topological polar surface area (TPSA) is 49.3 Å². The Kier molecular flexibility index (Phi) is 2.50. The van der Waals surface area contributed by atoms with Crippen LogP contribution in [0.5, 0.6) is 0 Å². The fourth-order valence-electron chi connectivity index (χ4n) is 1.85. The van der Waals surface area contributed by atoms with E-state index in [2.05, 4.69) is 5.32 Å². The minimum atomic E-state index is -0.0895. The number of hydrogen-bond donors (Lipinski definition) is 2. The molecule has 1 fully saturated rings. The summed E-state index contributed by atoms with van der Waals surface area (Å²) in [6.45, 7) is 0.0229. The highest BCUT2D eigenvalue weighted by Crippen LogP contribution is 2.26. The molecule has 3 heteroatoms. The van der Waals surface area contributed by atoms with Crippen LogP contribution in [-0.2, 0) is 4.79 Å². The number of hydrogen-bond acceptors (Lipinski definition) is 2. The van der Waals surface area contributed by atoms with Crippen LogP contribution in [0.1, 0.15) is 17.9 Å². The Hall–Kier alpha value is -1.35. The molecule has 0 radical (unpaired) electrons. The van der Waals surface area contributed by atoms with E-state index in [0.717, 1.165) is 5.56 Å². The zero-order valence-corrected chi connectivity index (χ0v) is 7.81. The molecular formula is C11H13NO2. The van der Waals surface area contributed by atoms with E-state index in [4.69, 9.17) is 5.11 Å². The summed E-state index contributed by atoms with van der Waals surface area (Å²) in [5.74, 6) is -0.0661. The molecule has 1 aliphatic rings. The maximum atomic E-state index is 11.5. The molecular weight excluding hydrogens is 178 g/mol. The Balaban J connectivity index is 2.17. The minimum absolute atomic E-state index is 0.0229. The zero-order valence-electron chi connectivity index (χ0n) is 7.81. The third-order valence-corrected chi connectivity index (χ3v) is 2.61. The molecule has 2 rings (SSSR count). The third-order valence-electron chi connectivity index (χ3n) is 2.61. The van der Waals surface area contributed by atoms with Crippen molar-refractivity contribution in [2.75, 3.05) is 6.61 Å². The number of carbonyl (C=O) groups is 1. The summed E-state index contributed by atoms with van der Waals surface area (Å²) in [5.41, 5.74) is 1.03. The van der Waals surface area contributed by atoms with E-state index < -0.39 is 0 Å². The van der Waals surface area contributed by atoms with Gasteiger partial charge in [-0.1, -0.05) is 30.3 Å². The zero-order chi connectivity index (χ0) is 9.97. The summed E-state index contributed by atoms with van der Waals surface area (Å²) >= 11 is 0. The maximum Gasteiger partial charge on any atom is 0.227 e. The molecule has 0 aliphatic carbocycles. The highest BCUT2D eigenvalue weighted by molar-refractivity contribution is 5.86. The maximum absolute atomic E-state index is 11.5. The van der Waals surface area contributed by atoms with Crippen molar-refractivity contribution >= 4 is 5.91 Å². The molecule has 0 aromatic heterocycles. The largest absolute Gasteiger partial charge is 0.394 e. The van der Waals surface area contributed by atoms with Gasteiger partial charge in [0.25, 0.3) is 0 Å². The lowest BCUT2D eigenvalue weighted by molar-refractivity contribution is -0.120. The molecule has 0 bridgehead atoms. The molecule has 1 aliphatic heterocycles. The molecule has 1 aromatic carbocycles. The predicted octanol–water partition coefficient (Wildman–Crippen LogP) is 0.651. The minimum Gasteiger partial charge on any atom is -0.394 e. The van der Waals surface area contributed by atoms with E-state index in [1.807, 2.05) is 30.3 Å². The first-order valence-corrected chi connectivity index (χ1v) is 4.77. The van der Waals surface area contributed by atoms with E-state index in [1.54, 1.807) is 0 Å². The molecule has 14 heavy (non-hydrogen) atoms. The van der Waals surface area contributed by atoms with E-state index in [-0.39, 0.29) is 24.5 Å². The van der Waals surface area contributed by atoms with Gasteiger partial charge in [-0.15, -0.1) is 0 Å². The van der Waals surface area contributed by atoms with Gasteiger partial charge in [0.2, 0.25) is 5.91 Å². The van der Waals surface area contributed by atoms with Gasteiger partial charge in [-0.05, 0) is 12.0 Å².